The lowest BCUT2D eigenvalue weighted by Gasteiger charge is -2.05. The van der Waals surface area contributed by atoms with Crippen molar-refractivity contribution in [3.8, 4) is 0 Å². The number of carbonyl (C=O) groups excluding carboxylic acids is 1. The van der Waals surface area contributed by atoms with Crippen molar-refractivity contribution in [3.05, 3.63) is 76.1 Å². The first kappa shape index (κ1) is 16.0. The lowest BCUT2D eigenvalue weighted by molar-refractivity contribution is 0.103. The van der Waals surface area contributed by atoms with Crippen molar-refractivity contribution in [2.75, 3.05) is 5.32 Å². The van der Waals surface area contributed by atoms with Crippen LogP contribution in [0.25, 0.3) is 20.9 Å². The molecule has 0 saturated heterocycles. The van der Waals surface area contributed by atoms with E-state index in [1.54, 1.807) is 0 Å². The van der Waals surface area contributed by atoms with Crippen LogP contribution in [0.1, 0.15) is 9.67 Å². The fourth-order valence-corrected chi connectivity index (χ4v) is 4.22. The maximum absolute atomic E-state index is 13.7. The number of amides is 1. The normalized spacial score (nSPS) is 11.2. The molecule has 0 spiro atoms. The Balaban J connectivity index is 1.81. The molecule has 0 atom stereocenters. The quantitative estimate of drug-likeness (QED) is 0.443. The Morgan fingerprint density at radius 2 is 1.84 bits per heavy atom. The Labute approximate surface area is 150 Å². The van der Waals surface area contributed by atoms with Gasteiger partial charge in [0.2, 0.25) is 0 Å². The minimum Gasteiger partial charge on any atom is -0.319 e. The van der Waals surface area contributed by atoms with E-state index in [1.165, 1.54) is 11.3 Å². The van der Waals surface area contributed by atoms with Crippen LogP contribution in [0.5, 0.6) is 0 Å². The van der Waals surface area contributed by atoms with Crippen molar-refractivity contribution in [2.24, 2.45) is 0 Å². The summed E-state index contributed by atoms with van der Waals surface area (Å²) in [6, 6.07) is 14.5. The number of anilines is 1. The molecule has 1 heterocycles. The molecule has 0 bridgehead atoms. The highest BCUT2D eigenvalue weighted by Gasteiger charge is 2.20. The monoisotopic (exact) mass is 373 g/mol. The zero-order valence-electron chi connectivity index (χ0n) is 12.6. The topological polar surface area (TPSA) is 29.1 Å². The molecule has 0 saturated carbocycles. The van der Waals surface area contributed by atoms with Crippen molar-refractivity contribution in [1.29, 1.82) is 0 Å². The number of hydrogen-bond acceptors (Lipinski definition) is 2. The first-order valence-corrected chi connectivity index (χ1v) is 8.60. The molecule has 3 aromatic carbocycles. The number of carbonyl (C=O) groups is 1. The van der Waals surface area contributed by atoms with E-state index in [4.69, 9.17) is 11.6 Å². The Kier molecular flexibility index (Phi) is 3.90. The Hall–Kier alpha value is -2.50. The van der Waals surface area contributed by atoms with E-state index >= 15 is 0 Å². The summed E-state index contributed by atoms with van der Waals surface area (Å²) in [5.41, 5.74) is -0.219. The van der Waals surface area contributed by atoms with Gasteiger partial charge in [0.25, 0.3) is 5.91 Å². The van der Waals surface area contributed by atoms with Crippen LogP contribution >= 0.6 is 22.9 Å². The summed E-state index contributed by atoms with van der Waals surface area (Å²) in [5.74, 6) is -1.91. The molecule has 124 valence electrons. The van der Waals surface area contributed by atoms with Crippen LogP contribution in [0.2, 0.25) is 5.02 Å². The summed E-state index contributed by atoms with van der Waals surface area (Å²) in [6.07, 6.45) is 0. The predicted octanol–water partition coefficient (Wildman–Crippen LogP) is 6.24. The number of hydrogen-bond donors (Lipinski definition) is 1. The van der Waals surface area contributed by atoms with Gasteiger partial charge in [-0.15, -0.1) is 11.3 Å². The summed E-state index contributed by atoms with van der Waals surface area (Å²) < 4.78 is 27.9. The minimum atomic E-state index is -0.711. The van der Waals surface area contributed by atoms with E-state index < -0.39 is 17.5 Å². The molecule has 1 aromatic heterocycles. The van der Waals surface area contributed by atoms with E-state index in [9.17, 15) is 13.6 Å². The smallest absolute Gasteiger partial charge is 0.267 e. The average Bonchev–Trinajstić information content (AvgIpc) is 2.95. The number of benzene rings is 3. The SMILES string of the molecule is O=C(Nc1cc(F)ccc1F)c1sc2ccc3ccccc3c2c1Cl. The van der Waals surface area contributed by atoms with Crippen LogP contribution in [0.15, 0.2) is 54.6 Å². The molecule has 4 rings (SSSR count). The van der Waals surface area contributed by atoms with Gasteiger partial charge in [-0.1, -0.05) is 41.9 Å². The number of halogens is 3. The average molecular weight is 374 g/mol. The second-order valence-electron chi connectivity index (χ2n) is 5.48. The van der Waals surface area contributed by atoms with Crippen molar-refractivity contribution in [3.63, 3.8) is 0 Å². The molecule has 0 fully saturated rings. The van der Waals surface area contributed by atoms with Crippen molar-refractivity contribution >= 4 is 55.4 Å². The molecule has 25 heavy (non-hydrogen) atoms. The third-order valence-corrected chi connectivity index (χ3v) is 5.55. The fraction of sp³-hybridized carbons (Fsp3) is 0. The van der Waals surface area contributed by atoms with E-state index in [0.29, 0.717) is 5.02 Å². The van der Waals surface area contributed by atoms with Gasteiger partial charge in [0.05, 0.1) is 10.7 Å². The maximum Gasteiger partial charge on any atom is 0.267 e. The molecule has 1 N–H and O–H groups in total. The van der Waals surface area contributed by atoms with Gasteiger partial charge in [-0.2, -0.15) is 0 Å². The van der Waals surface area contributed by atoms with Crippen LogP contribution in [-0.4, -0.2) is 5.91 Å². The first-order chi connectivity index (χ1) is 12.0. The summed E-state index contributed by atoms with van der Waals surface area (Å²) in [4.78, 5) is 12.8. The number of fused-ring (bicyclic) bond motifs is 3. The van der Waals surface area contributed by atoms with Gasteiger partial charge in [-0.3, -0.25) is 4.79 Å². The van der Waals surface area contributed by atoms with Gasteiger partial charge in [0.1, 0.15) is 16.5 Å². The zero-order valence-corrected chi connectivity index (χ0v) is 14.2. The van der Waals surface area contributed by atoms with Crippen LogP contribution < -0.4 is 5.32 Å². The van der Waals surface area contributed by atoms with Gasteiger partial charge < -0.3 is 5.32 Å². The van der Waals surface area contributed by atoms with Gasteiger partial charge >= 0.3 is 0 Å². The van der Waals surface area contributed by atoms with Crippen LogP contribution in [0.3, 0.4) is 0 Å². The van der Waals surface area contributed by atoms with Gasteiger partial charge in [0, 0.05) is 16.2 Å². The summed E-state index contributed by atoms with van der Waals surface area (Å²) in [6.45, 7) is 0. The molecule has 0 aliphatic carbocycles. The van der Waals surface area contributed by atoms with Crippen LogP contribution in [0, 0.1) is 11.6 Å². The highest BCUT2D eigenvalue weighted by atomic mass is 35.5. The van der Waals surface area contributed by atoms with Crippen molar-refractivity contribution in [2.45, 2.75) is 0 Å². The molecule has 4 aromatic rings. The largest absolute Gasteiger partial charge is 0.319 e. The molecular formula is C19H10ClF2NOS. The van der Waals surface area contributed by atoms with Crippen LogP contribution in [-0.2, 0) is 0 Å². The third-order valence-electron chi connectivity index (χ3n) is 3.90. The van der Waals surface area contributed by atoms with Crippen LogP contribution in [0.4, 0.5) is 14.5 Å². The van der Waals surface area contributed by atoms with E-state index in [-0.39, 0.29) is 10.6 Å². The number of rotatable bonds is 2. The van der Waals surface area contributed by atoms with E-state index in [2.05, 4.69) is 5.32 Å². The molecule has 6 heteroatoms. The Bertz CT molecular complexity index is 1140. The lowest BCUT2D eigenvalue weighted by atomic mass is 10.1. The standard InChI is InChI=1S/C19H10ClF2NOS/c20-17-16-12-4-2-1-3-10(12)5-8-15(16)25-18(17)19(24)23-14-9-11(21)6-7-13(14)22/h1-9H,(H,23,24). The molecule has 2 nitrogen and oxygen atoms in total. The maximum atomic E-state index is 13.7. The molecular weight excluding hydrogens is 364 g/mol. The molecule has 0 radical (unpaired) electrons. The van der Waals surface area contributed by atoms with Crippen molar-refractivity contribution < 1.29 is 13.6 Å². The highest BCUT2D eigenvalue weighted by Crippen LogP contribution is 2.40. The van der Waals surface area contributed by atoms with E-state index in [1.807, 2.05) is 36.4 Å². The second-order valence-corrected chi connectivity index (χ2v) is 6.91. The van der Waals surface area contributed by atoms with Gasteiger partial charge in [0.15, 0.2) is 0 Å². The summed E-state index contributed by atoms with van der Waals surface area (Å²) in [7, 11) is 0. The lowest BCUT2D eigenvalue weighted by Crippen LogP contribution is -2.12. The summed E-state index contributed by atoms with van der Waals surface area (Å²) in [5, 5.41) is 5.44. The minimum absolute atomic E-state index is 0.219. The Morgan fingerprint density at radius 3 is 2.68 bits per heavy atom. The third kappa shape index (κ3) is 2.75. The molecule has 1 amide bonds. The molecule has 0 unspecified atom stereocenters. The predicted molar refractivity (Wildman–Crippen MR) is 98.7 cm³/mol. The highest BCUT2D eigenvalue weighted by molar-refractivity contribution is 7.22. The summed E-state index contributed by atoms with van der Waals surface area (Å²) >= 11 is 7.67. The number of thiophene rings is 1. The fourth-order valence-electron chi connectivity index (χ4n) is 2.75. The van der Waals surface area contributed by atoms with Crippen molar-refractivity contribution in [1.82, 2.24) is 0 Å². The van der Waals surface area contributed by atoms with E-state index in [0.717, 1.165) is 39.1 Å². The van der Waals surface area contributed by atoms with Gasteiger partial charge in [-0.25, -0.2) is 8.78 Å². The molecule has 0 aliphatic heterocycles. The first-order valence-electron chi connectivity index (χ1n) is 7.41. The number of nitrogens with one attached hydrogen (secondary N) is 1. The zero-order chi connectivity index (χ0) is 17.6. The molecule has 0 aliphatic rings. The second kappa shape index (κ2) is 6.10. The Morgan fingerprint density at radius 1 is 1.04 bits per heavy atom. The van der Waals surface area contributed by atoms with Gasteiger partial charge in [-0.05, 0) is 29.0 Å².